The lowest BCUT2D eigenvalue weighted by Crippen LogP contribution is -2.11. The average Bonchev–Trinajstić information content (AvgIpc) is 2.96. The number of hydrogen-bond acceptors (Lipinski definition) is 4. The van der Waals surface area contributed by atoms with Crippen LogP contribution in [0.15, 0.2) is 48.5 Å². The second-order valence-electron chi connectivity index (χ2n) is 5.10. The summed E-state index contributed by atoms with van der Waals surface area (Å²) in [5.41, 5.74) is 3.86. The molecule has 1 heterocycles. The molecule has 0 aliphatic heterocycles. The van der Waals surface area contributed by atoms with Gasteiger partial charge >= 0.3 is 0 Å². The van der Waals surface area contributed by atoms with Crippen LogP contribution in [0.25, 0.3) is 10.6 Å². The second kappa shape index (κ2) is 6.07. The van der Waals surface area contributed by atoms with Gasteiger partial charge in [-0.25, -0.2) is 0 Å². The molecule has 110 valence electrons. The number of carbonyl (C=O) groups excluding carboxylic acids is 1. The zero-order chi connectivity index (χ0) is 15.5. The van der Waals surface area contributed by atoms with Crippen LogP contribution in [0, 0.1) is 13.8 Å². The number of nitrogens with one attached hydrogen (secondary N) is 1. The van der Waals surface area contributed by atoms with Crippen LogP contribution in [0.1, 0.15) is 21.5 Å². The van der Waals surface area contributed by atoms with Crippen LogP contribution in [-0.2, 0) is 0 Å². The molecule has 1 aromatic heterocycles. The maximum absolute atomic E-state index is 12.2. The SMILES string of the molecule is Cc1ccc(-c2nnc(NC(=O)c3cccc(C)c3)s2)cc1. The molecule has 0 unspecified atom stereocenters. The number of rotatable bonds is 3. The van der Waals surface area contributed by atoms with Crippen LogP contribution in [0.5, 0.6) is 0 Å². The molecule has 4 nitrogen and oxygen atoms in total. The van der Waals surface area contributed by atoms with E-state index in [1.807, 2.05) is 56.3 Å². The molecule has 1 N–H and O–H groups in total. The lowest BCUT2D eigenvalue weighted by Gasteiger charge is -2.01. The molecule has 22 heavy (non-hydrogen) atoms. The Labute approximate surface area is 132 Å². The van der Waals surface area contributed by atoms with Crippen molar-refractivity contribution in [3.8, 4) is 10.6 Å². The van der Waals surface area contributed by atoms with Gasteiger partial charge in [0.2, 0.25) is 5.13 Å². The zero-order valence-electron chi connectivity index (χ0n) is 12.3. The summed E-state index contributed by atoms with van der Waals surface area (Å²) in [4.78, 5) is 12.2. The van der Waals surface area contributed by atoms with Gasteiger partial charge in [0.25, 0.3) is 5.91 Å². The van der Waals surface area contributed by atoms with Gasteiger partial charge in [0.1, 0.15) is 5.01 Å². The fourth-order valence-corrected chi connectivity index (χ4v) is 2.79. The van der Waals surface area contributed by atoms with Crippen LogP contribution >= 0.6 is 11.3 Å². The van der Waals surface area contributed by atoms with Crippen molar-refractivity contribution in [3.05, 3.63) is 65.2 Å². The van der Waals surface area contributed by atoms with Crippen molar-refractivity contribution in [2.45, 2.75) is 13.8 Å². The second-order valence-corrected chi connectivity index (χ2v) is 6.08. The monoisotopic (exact) mass is 309 g/mol. The van der Waals surface area contributed by atoms with Gasteiger partial charge in [0, 0.05) is 11.1 Å². The van der Waals surface area contributed by atoms with Crippen LogP contribution in [0.4, 0.5) is 5.13 Å². The molecule has 0 saturated heterocycles. The fourth-order valence-electron chi connectivity index (χ4n) is 2.04. The third-order valence-corrected chi connectivity index (χ3v) is 4.11. The summed E-state index contributed by atoms with van der Waals surface area (Å²) in [6.07, 6.45) is 0. The van der Waals surface area contributed by atoms with Crippen LogP contribution < -0.4 is 5.32 Å². The first kappa shape index (κ1) is 14.4. The number of nitrogens with zero attached hydrogens (tertiary/aromatic N) is 2. The molecular formula is C17H15N3OS. The summed E-state index contributed by atoms with van der Waals surface area (Å²) in [5.74, 6) is -0.171. The Morgan fingerprint density at radius 3 is 2.50 bits per heavy atom. The molecule has 5 heteroatoms. The Morgan fingerprint density at radius 1 is 1.00 bits per heavy atom. The van der Waals surface area contributed by atoms with Crippen molar-refractivity contribution >= 4 is 22.4 Å². The van der Waals surface area contributed by atoms with E-state index >= 15 is 0 Å². The Hall–Kier alpha value is -2.53. The maximum Gasteiger partial charge on any atom is 0.257 e. The molecule has 3 rings (SSSR count). The number of amides is 1. The largest absolute Gasteiger partial charge is 0.296 e. The Balaban J connectivity index is 1.77. The highest BCUT2D eigenvalue weighted by molar-refractivity contribution is 7.18. The van der Waals surface area contributed by atoms with Crippen LogP contribution in [0.2, 0.25) is 0 Å². The molecule has 0 aliphatic rings. The van der Waals surface area contributed by atoms with E-state index in [1.54, 1.807) is 6.07 Å². The summed E-state index contributed by atoms with van der Waals surface area (Å²) >= 11 is 1.36. The molecule has 0 saturated carbocycles. The topological polar surface area (TPSA) is 54.9 Å². The first-order chi connectivity index (χ1) is 10.6. The third kappa shape index (κ3) is 3.20. The molecule has 0 radical (unpaired) electrons. The van der Waals surface area contributed by atoms with Gasteiger partial charge in [-0.15, -0.1) is 10.2 Å². The molecule has 3 aromatic rings. The predicted octanol–water partition coefficient (Wildman–Crippen LogP) is 4.07. The standard InChI is InChI=1S/C17H15N3OS/c1-11-6-8-13(9-7-11)16-19-20-17(22-16)18-15(21)14-5-3-4-12(2)10-14/h3-10H,1-2H3,(H,18,20,21). The van der Waals surface area contributed by atoms with Crippen LogP contribution in [0.3, 0.4) is 0 Å². The first-order valence-electron chi connectivity index (χ1n) is 6.90. The third-order valence-electron chi connectivity index (χ3n) is 3.22. The Morgan fingerprint density at radius 2 is 1.77 bits per heavy atom. The lowest BCUT2D eigenvalue weighted by molar-refractivity contribution is 0.102. The molecule has 0 spiro atoms. The molecule has 0 aliphatic carbocycles. The van der Waals surface area contributed by atoms with Crippen LogP contribution in [-0.4, -0.2) is 16.1 Å². The van der Waals surface area contributed by atoms with E-state index in [4.69, 9.17) is 0 Å². The van der Waals surface area contributed by atoms with E-state index in [2.05, 4.69) is 15.5 Å². The van der Waals surface area contributed by atoms with Gasteiger partial charge in [-0.3, -0.25) is 10.1 Å². The first-order valence-corrected chi connectivity index (χ1v) is 7.72. The average molecular weight is 309 g/mol. The van der Waals surface area contributed by atoms with E-state index in [-0.39, 0.29) is 5.91 Å². The smallest absolute Gasteiger partial charge is 0.257 e. The number of aromatic nitrogens is 2. The summed E-state index contributed by atoms with van der Waals surface area (Å²) in [6, 6.07) is 15.5. The summed E-state index contributed by atoms with van der Waals surface area (Å²) in [6.45, 7) is 3.99. The normalized spacial score (nSPS) is 10.5. The van der Waals surface area contributed by atoms with Crippen molar-refractivity contribution in [1.82, 2.24) is 10.2 Å². The highest BCUT2D eigenvalue weighted by Gasteiger charge is 2.11. The number of carbonyl (C=O) groups is 1. The molecule has 0 bridgehead atoms. The molecule has 0 atom stereocenters. The quantitative estimate of drug-likeness (QED) is 0.793. The maximum atomic E-state index is 12.2. The van der Waals surface area contributed by atoms with Gasteiger partial charge < -0.3 is 0 Å². The number of hydrogen-bond donors (Lipinski definition) is 1. The van der Waals surface area contributed by atoms with E-state index in [0.29, 0.717) is 10.7 Å². The van der Waals surface area contributed by atoms with Crippen molar-refractivity contribution in [2.24, 2.45) is 0 Å². The molecule has 2 aromatic carbocycles. The van der Waals surface area contributed by atoms with E-state index in [9.17, 15) is 4.79 Å². The molecule has 1 amide bonds. The zero-order valence-corrected chi connectivity index (χ0v) is 13.1. The van der Waals surface area contributed by atoms with Crippen molar-refractivity contribution in [1.29, 1.82) is 0 Å². The van der Waals surface area contributed by atoms with E-state index < -0.39 is 0 Å². The fraction of sp³-hybridized carbons (Fsp3) is 0.118. The molecule has 0 fully saturated rings. The summed E-state index contributed by atoms with van der Waals surface area (Å²) in [7, 11) is 0. The highest BCUT2D eigenvalue weighted by Crippen LogP contribution is 2.26. The minimum atomic E-state index is -0.171. The van der Waals surface area contributed by atoms with Crippen molar-refractivity contribution < 1.29 is 4.79 Å². The van der Waals surface area contributed by atoms with Crippen molar-refractivity contribution in [3.63, 3.8) is 0 Å². The van der Waals surface area contributed by atoms with Gasteiger partial charge in [-0.1, -0.05) is 58.9 Å². The van der Waals surface area contributed by atoms with Gasteiger partial charge in [-0.05, 0) is 26.0 Å². The summed E-state index contributed by atoms with van der Waals surface area (Å²) in [5, 5.41) is 12.3. The van der Waals surface area contributed by atoms with E-state index in [0.717, 1.165) is 16.1 Å². The Kier molecular flexibility index (Phi) is 3.98. The minimum Gasteiger partial charge on any atom is -0.296 e. The van der Waals surface area contributed by atoms with Gasteiger partial charge in [0.15, 0.2) is 0 Å². The number of anilines is 1. The number of aryl methyl sites for hydroxylation is 2. The lowest BCUT2D eigenvalue weighted by atomic mass is 10.1. The number of benzene rings is 2. The van der Waals surface area contributed by atoms with Crippen molar-refractivity contribution in [2.75, 3.05) is 5.32 Å². The Bertz CT molecular complexity index is 809. The predicted molar refractivity (Wildman–Crippen MR) is 89.2 cm³/mol. The van der Waals surface area contributed by atoms with E-state index in [1.165, 1.54) is 16.9 Å². The van der Waals surface area contributed by atoms with Gasteiger partial charge in [0.05, 0.1) is 0 Å². The minimum absolute atomic E-state index is 0.171. The highest BCUT2D eigenvalue weighted by atomic mass is 32.1. The summed E-state index contributed by atoms with van der Waals surface area (Å²) < 4.78 is 0. The molecular weight excluding hydrogens is 294 g/mol. The van der Waals surface area contributed by atoms with Gasteiger partial charge in [-0.2, -0.15) is 0 Å².